The van der Waals surface area contributed by atoms with E-state index >= 15 is 0 Å². The number of hydrogen-bond acceptors (Lipinski definition) is 6. The standard InChI is InChI=1S/C22H27NO6/c1-26-17-11-5-8-14(20(17)28-3)19(23-13-7-10-16(23)22(24)25)15-9-6-12-18(27-2)21(15)29-4/h5-6,8-9,11-12,16,19H,7,10,13H2,1-4H3,(H,24,25). The quantitative estimate of drug-likeness (QED) is 0.727. The van der Waals surface area contributed by atoms with Gasteiger partial charge in [0.2, 0.25) is 0 Å². The molecule has 7 heteroatoms. The van der Waals surface area contributed by atoms with Gasteiger partial charge in [-0.05, 0) is 25.0 Å². The lowest BCUT2D eigenvalue weighted by molar-refractivity contribution is -0.142. The van der Waals surface area contributed by atoms with Crippen LogP contribution in [0.25, 0.3) is 0 Å². The molecule has 0 amide bonds. The zero-order valence-electron chi connectivity index (χ0n) is 17.2. The van der Waals surface area contributed by atoms with Crippen LogP contribution in [-0.2, 0) is 4.79 Å². The number of methoxy groups -OCH3 is 4. The summed E-state index contributed by atoms with van der Waals surface area (Å²) in [5.74, 6) is 1.48. The van der Waals surface area contributed by atoms with Crippen LogP contribution in [0.15, 0.2) is 36.4 Å². The zero-order chi connectivity index (χ0) is 21.0. The summed E-state index contributed by atoms with van der Waals surface area (Å²) in [5.41, 5.74) is 1.62. The number of para-hydroxylation sites is 2. The van der Waals surface area contributed by atoms with Gasteiger partial charge in [-0.3, -0.25) is 9.69 Å². The zero-order valence-corrected chi connectivity index (χ0v) is 17.2. The highest BCUT2D eigenvalue weighted by atomic mass is 16.5. The number of rotatable bonds is 8. The second-order valence-corrected chi connectivity index (χ2v) is 6.80. The smallest absolute Gasteiger partial charge is 0.320 e. The number of hydrogen-bond donors (Lipinski definition) is 1. The van der Waals surface area contributed by atoms with E-state index in [0.717, 1.165) is 17.5 Å². The number of carbonyl (C=O) groups is 1. The van der Waals surface area contributed by atoms with E-state index in [9.17, 15) is 9.90 Å². The average molecular weight is 401 g/mol. The highest BCUT2D eigenvalue weighted by Gasteiger charge is 2.39. The Hall–Kier alpha value is -2.93. The van der Waals surface area contributed by atoms with Gasteiger partial charge in [-0.25, -0.2) is 0 Å². The number of ether oxygens (including phenoxy) is 4. The molecule has 0 spiro atoms. The molecule has 1 aliphatic rings. The van der Waals surface area contributed by atoms with Crippen LogP contribution in [-0.4, -0.2) is 57.0 Å². The molecule has 2 aromatic carbocycles. The fraction of sp³-hybridized carbons (Fsp3) is 0.409. The van der Waals surface area contributed by atoms with Crippen LogP contribution >= 0.6 is 0 Å². The Morgan fingerprint density at radius 3 is 1.86 bits per heavy atom. The van der Waals surface area contributed by atoms with E-state index in [-0.39, 0.29) is 0 Å². The summed E-state index contributed by atoms with van der Waals surface area (Å²) in [6, 6.07) is 10.2. The maximum atomic E-state index is 12.0. The van der Waals surface area contributed by atoms with Crippen molar-refractivity contribution in [2.24, 2.45) is 0 Å². The molecule has 3 rings (SSSR count). The summed E-state index contributed by atoms with van der Waals surface area (Å²) in [6.45, 7) is 0.641. The lowest BCUT2D eigenvalue weighted by Crippen LogP contribution is -2.39. The summed E-state index contributed by atoms with van der Waals surface area (Å²) in [4.78, 5) is 14.0. The molecule has 1 heterocycles. The van der Waals surface area contributed by atoms with Gasteiger partial charge in [0.05, 0.1) is 34.5 Å². The number of benzene rings is 2. The molecule has 0 saturated carbocycles. The Bertz CT molecular complexity index is 813. The Morgan fingerprint density at radius 1 is 0.931 bits per heavy atom. The van der Waals surface area contributed by atoms with Gasteiger partial charge >= 0.3 is 5.97 Å². The summed E-state index contributed by atoms with van der Waals surface area (Å²) in [6.07, 6.45) is 1.39. The van der Waals surface area contributed by atoms with E-state index in [4.69, 9.17) is 18.9 Å². The second kappa shape index (κ2) is 9.05. The normalized spacial score (nSPS) is 16.7. The summed E-state index contributed by atoms with van der Waals surface area (Å²) in [5, 5.41) is 9.83. The molecule has 2 aromatic rings. The third-order valence-electron chi connectivity index (χ3n) is 5.37. The van der Waals surface area contributed by atoms with Crippen molar-refractivity contribution in [3.8, 4) is 23.0 Å². The molecular weight excluding hydrogens is 374 g/mol. The lowest BCUT2D eigenvalue weighted by atomic mass is 9.94. The highest BCUT2D eigenvalue weighted by molar-refractivity contribution is 5.74. The van der Waals surface area contributed by atoms with Crippen LogP contribution in [0.5, 0.6) is 23.0 Å². The van der Waals surface area contributed by atoms with Crippen molar-refractivity contribution in [3.05, 3.63) is 47.5 Å². The van der Waals surface area contributed by atoms with Gasteiger partial charge in [0.25, 0.3) is 0 Å². The lowest BCUT2D eigenvalue weighted by Gasteiger charge is -2.34. The van der Waals surface area contributed by atoms with Crippen LogP contribution in [0, 0.1) is 0 Å². The largest absolute Gasteiger partial charge is 0.493 e. The average Bonchev–Trinajstić information content (AvgIpc) is 3.23. The van der Waals surface area contributed by atoms with Crippen molar-refractivity contribution < 1.29 is 28.8 Å². The molecule has 1 aliphatic heterocycles. The van der Waals surface area contributed by atoms with Gasteiger partial charge < -0.3 is 24.1 Å². The third kappa shape index (κ3) is 3.82. The number of aliphatic carboxylic acids is 1. The van der Waals surface area contributed by atoms with Gasteiger partial charge in [0, 0.05) is 17.7 Å². The fourth-order valence-corrected chi connectivity index (χ4v) is 4.14. The molecule has 1 saturated heterocycles. The first-order valence-electron chi connectivity index (χ1n) is 9.47. The van der Waals surface area contributed by atoms with Gasteiger partial charge in [0.15, 0.2) is 23.0 Å². The van der Waals surface area contributed by atoms with E-state index < -0.39 is 18.1 Å². The number of carboxylic acids is 1. The van der Waals surface area contributed by atoms with Crippen molar-refractivity contribution in [2.75, 3.05) is 35.0 Å². The molecule has 156 valence electrons. The van der Waals surface area contributed by atoms with Crippen molar-refractivity contribution in [3.63, 3.8) is 0 Å². The predicted octanol–water partition coefficient (Wildman–Crippen LogP) is 3.36. The molecule has 1 fully saturated rings. The Morgan fingerprint density at radius 2 is 1.45 bits per heavy atom. The predicted molar refractivity (Wildman–Crippen MR) is 108 cm³/mol. The molecule has 7 nitrogen and oxygen atoms in total. The SMILES string of the molecule is COc1cccc(C(c2cccc(OC)c2OC)N2CCCC2C(=O)O)c1OC. The maximum Gasteiger partial charge on any atom is 0.320 e. The maximum absolute atomic E-state index is 12.0. The minimum Gasteiger partial charge on any atom is -0.493 e. The summed E-state index contributed by atoms with van der Waals surface area (Å²) >= 11 is 0. The van der Waals surface area contributed by atoms with E-state index in [1.165, 1.54) is 0 Å². The van der Waals surface area contributed by atoms with Gasteiger partial charge in [-0.15, -0.1) is 0 Å². The minimum atomic E-state index is -0.837. The van der Waals surface area contributed by atoms with E-state index in [0.29, 0.717) is 36.0 Å². The number of carboxylic acid groups (broad SMARTS) is 1. The van der Waals surface area contributed by atoms with Crippen LogP contribution in [0.1, 0.15) is 30.0 Å². The van der Waals surface area contributed by atoms with E-state index in [1.54, 1.807) is 28.4 Å². The van der Waals surface area contributed by atoms with Gasteiger partial charge in [-0.1, -0.05) is 24.3 Å². The molecule has 1 unspecified atom stereocenters. The fourth-order valence-electron chi connectivity index (χ4n) is 4.14. The first-order valence-corrected chi connectivity index (χ1v) is 9.47. The van der Waals surface area contributed by atoms with Gasteiger partial charge in [0.1, 0.15) is 6.04 Å². The summed E-state index contributed by atoms with van der Waals surface area (Å²) < 4.78 is 22.3. The topological polar surface area (TPSA) is 77.5 Å². The molecule has 0 aromatic heterocycles. The second-order valence-electron chi connectivity index (χ2n) is 6.80. The molecule has 1 atom stereocenters. The van der Waals surface area contributed by atoms with Crippen molar-refractivity contribution >= 4 is 5.97 Å². The number of likely N-dealkylation sites (tertiary alicyclic amines) is 1. The molecule has 29 heavy (non-hydrogen) atoms. The minimum absolute atomic E-state index is 0.409. The van der Waals surface area contributed by atoms with Crippen LogP contribution in [0.3, 0.4) is 0 Å². The van der Waals surface area contributed by atoms with Crippen LogP contribution < -0.4 is 18.9 Å². The van der Waals surface area contributed by atoms with E-state index in [2.05, 4.69) is 0 Å². The monoisotopic (exact) mass is 401 g/mol. The Kier molecular flexibility index (Phi) is 6.49. The van der Waals surface area contributed by atoms with Crippen molar-refractivity contribution in [1.82, 2.24) is 4.90 Å². The van der Waals surface area contributed by atoms with Crippen LogP contribution in [0.2, 0.25) is 0 Å². The summed E-state index contributed by atoms with van der Waals surface area (Å²) in [7, 11) is 6.33. The first kappa shape index (κ1) is 20.8. The first-order chi connectivity index (χ1) is 14.1. The molecule has 0 radical (unpaired) electrons. The van der Waals surface area contributed by atoms with Crippen molar-refractivity contribution in [2.45, 2.75) is 24.9 Å². The van der Waals surface area contributed by atoms with Gasteiger partial charge in [-0.2, -0.15) is 0 Å². The molecular formula is C22H27NO6. The Labute approximate surface area is 170 Å². The van der Waals surface area contributed by atoms with Crippen molar-refractivity contribution in [1.29, 1.82) is 0 Å². The third-order valence-corrected chi connectivity index (χ3v) is 5.37. The van der Waals surface area contributed by atoms with E-state index in [1.807, 2.05) is 41.3 Å². The Balaban J connectivity index is 2.26. The highest BCUT2D eigenvalue weighted by Crippen LogP contribution is 2.47. The molecule has 1 N–H and O–H groups in total. The number of nitrogens with zero attached hydrogens (tertiary/aromatic N) is 1. The molecule has 0 aliphatic carbocycles. The molecule has 0 bridgehead atoms. The van der Waals surface area contributed by atoms with Crippen LogP contribution in [0.4, 0.5) is 0 Å².